The Kier molecular flexibility index (Phi) is 5.19. The summed E-state index contributed by atoms with van der Waals surface area (Å²) in [5.41, 5.74) is -0.489. The van der Waals surface area contributed by atoms with Crippen LogP contribution in [-0.2, 0) is 14.3 Å². The molecule has 0 aromatic rings. The highest BCUT2D eigenvalue weighted by Crippen LogP contribution is 2.35. The number of carbonyl (C=O) groups excluding carboxylic acids is 1. The Hall–Kier alpha value is -0.410. The first-order valence-corrected chi connectivity index (χ1v) is 7.54. The Balaban J connectivity index is 2.08. The first kappa shape index (κ1) is 14.0. The molecule has 1 saturated carbocycles. The maximum Gasteiger partial charge on any atom is 0.169 e. The number of ether oxygens (including phenoxy) is 2. The number of hydrogen-bond acceptors (Lipinski definition) is 3. The number of ketones is 1. The van der Waals surface area contributed by atoms with Gasteiger partial charge in [-0.25, -0.2) is 0 Å². The van der Waals surface area contributed by atoms with Gasteiger partial charge in [-0.2, -0.15) is 0 Å². The third-order valence-electron chi connectivity index (χ3n) is 4.31. The van der Waals surface area contributed by atoms with Gasteiger partial charge in [0.05, 0.1) is 6.61 Å². The molecule has 2 fully saturated rings. The molecule has 0 N–H and O–H groups in total. The van der Waals surface area contributed by atoms with Gasteiger partial charge in [0, 0.05) is 19.1 Å². The first-order chi connectivity index (χ1) is 8.78. The Labute approximate surface area is 110 Å². The van der Waals surface area contributed by atoms with E-state index >= 15 is 0 Å². The molecule has 1 saturated heterocycles. The minimum Gasteiger partial charge on any atom is -0.381 e. The van der Waals surface area contributed by atoms with E-state index in [0.717, 1.165) is 45.1 Å². The summed E-state index contributed by atoms with van der Waals surface area (Å²) >= 11 is 0. The molecule has 3 nitrogen and oxygen atoms in total. The lowest BCUT2D eigenvalue weighted by atomic mass is 9.81. The Morgan fingerprint density at radius 3 is 2.50 bits per heavy atom. The summed E-state index contributed by atoms with van der Waals surface area (Å²) in [6.45, 7) is 4.05. The third-order valence-corrected chi connectivity index (χ3v) is 4.31. The highest BCUT2D eigenvalue weighted by atomic mass is 16.5. The van der Waals surface area contributed by atoms with Crippen molar-refractivity contribution in [2.75, 3.05) is 19.8 Å². The third kappa shape index (κ3) is 3.12. The van der Waals surface area contributed by atoms with E-state index in [1.807, 2.05) is 6.92 Å². The lowest BCUT2D eigenvalue weighted by Gasteiger charge is -2.35. The molecular weight excluding hydrogens is 228 g/mol. The van der Waals surface area contributed by atoms with Crippen LogP contribution in [0.25, 0.3) is 0 Å². The second-order valence-corrected chi connectivity index (χ2v) is 5.62. The topological polar surface area (TPSA) is 35.5 Å². The molecule has 2 rings (SSSR count). The molecule has 0 spiro atoms. The number of rotatable bonds is 4. The van der Waals surface area contributed by atoms with Crippen LogP contribution >= 0.6 is 0 Å². The van der Waals surface area contributed by atoms with E-state index in [1.54, 1.807) is 0 Å². The van der Waals surface area contributed by atoms with Gasteiger partial charge in [0.1, 0.15) is 5.60 Å². The van der Waals surface area contributed by atoms with Crippen LogP contribution in [0.3, 0.4) is 0 Å². The van der Waals surface area contributed by atoms with E-state index in [9.17, 15) is 4.79 Å². The van der Waals surface area contributed by atoms with Crippen LogP contribution in [-0.4, -0.2) is 31.2 Å². The second kappa shape index (κ2) is 6.67. The highest BCUT2D eigenvalue weighted by Gasteiger charge is 2.42. The van der Waals surface area contributed by atoms with Crippen molar-refractivity contribution in [3.63, 3.8) is 0 Å². The van der Waals surface area contributed by atoms with E-state index < -0.39 is 5.60 Å². The Morgan fingerprint density at radius 2 is 1.94 bits per heavy atom. The molecule has 104 valence electrons. The first-order valence-electron chi connectivity index (χ1n) is 7.54. The fraction of sp³-hybridized carbons (Fsp3) is 0.933. The molecular formula is C15H26O3. The fourth-order valence-electron chi connectivity index (χ4n) is 3.36. The van der Waals surface area contributed by atoms with Crippen LogP contribution in [0.1, 0.15) is 58.3 Å². The zero-order valence-corrected chi connectivity index (χ0v) is 11.6. The lowest BCUT2D eigenvalue weighted by Crippen LogP contribution is -2.47. The molecule has 0 radical (unpaired) electrons. The predicted octanol–water partition coefficient (Wildman–Crippen LogP) is 3.11. The quantitative estimate of drug-likeness (QED) is 0.723. The summed E-state index contributed by atoms with van der Waals surface area (Å²) in [7, 11) is 0. The van der Waals surface area contributed by atoms with Gasteiger partial charge >= 0.3 is 0 Å². The van der Waals surface area contributed by atoms with Crippen molar-refractivity contribution in [3.8, 4) is 0 Å². The Bertz CT molecular complexity index is 261. The van der Waals surface area contributed by atoms with E-state index in [1.165, 1.54) is 12.8 Å². The Morgan fingerprint density at radius 1 is 1.22 bits per heavy atom. The van der Waals surface area contributed by atoms with E-state index in [4.69, 9.17) is 9.47 Å². The molecule has 0 aromatic carbocycles. The molecule has 1 unspecified atom stereocenters. The van der Waals surface area contributed by atoms with Gasteiger partial charge in [0.15, 0.2) is 5.78 Å². The number of carbonyl (C=O) groups is 1. The molecule has 2 aliphatic rings. The minimum atomic E-state index is -0.489. The smallest absolute Gasteiger partial charge is 0.169 e. The van der Waals surface area contributed by atoms with E-state index in [2.05, 4.69) is 0 Å². The summed E-state index contributed by atoms with van der Waals surface area (Å²) in [4.78, 5) is 12.8. The summed E-state index contributed by atoms with van der Waals surface area (Å²) < 4.78 is 11.4. The van der Waals surface area contributed by atoms with Crippen molar-refractivity contribution in [1.82, 2.24) is 0 Å². The normalized spacial score (nSPS) is 28.6. The maximum atomic E-state index is 12.8. The monoisotopic (exact) mass is 254 g/mol. The molecule has 3 heteroatoms. The van der Waals surface area contributed by atoms with Crippen molar-refractivity contribution >= 4 is 5.78 Å². The van der Waals surface area contributed by atoms with Crippen molar-refractivity contribution < 1.29 is 14.3 Å². The maximum absolute atomic E-state index is 12.8. The zero-order chi connectivity index (χ0) is 12.8. The van der Waals surface area contributed by atoms with Crippen LogP contribution in [0.4, 0.5) is 0 Å². The van der Waals surface area contributed by atoms with Gasteiger partial charge in [0.2, 0.25) is 0 Å². The molecule has 0 aromatic heterocycles. The van der Waals surface area contributed by atoms with Crippen LogP contribution in [0.5, 0.6) is 0 Å². The van der Waals surface area contributed by atoms with Gasteiger partial charge in [-0.1, -0.05) is 25.7 Å². The van der Waals surface area contributed by atoms with Crippen molar-refractivity contribution in [3.05, 3.63) is 0 Å². The molecule has 1 heterocycles. The van der Waals surface area contributed by atoms with Crippen molar-refractivity contribution in [2.24, 2.45) is 5.92 Å². The van der Waals surface area contributed by atoms with E-state index in [0.29, 0.717) is 19.0 Å². The second-order valence-electron chi connectivity index (χ2n) is 5.62. The molecule has 1 aliphatic carbocycles. The summed E-state index contributed by atoms with van der Waals surface area (Å²) in [6.07, 6.45) is 8.55. The average molecular weight is 254 g/mol. The average Bonchev–Trinajstić information content (AvgIpc) is 2.66. The summed E-state index contributed by atoms with van der Waals surface area (Å²) in [5.74, 6) is 0.398. The minimum absolute atomic E-state index is 0.0726. The van der Waals surface area contributed by atoms with Gasteiger partial charge < -0.3 is 9.47 Å². The van der Waals surface area contributed by atoms with Crippen LogP contribution < -0.4 is 0 Å². The lowest BCUT2D eigenvalue weighted by molar-refractivity contribution is -0.154. The fourth-order valence-corrected chi connectivity index (χ4v) is 3.36. The number of hydrogen-bond donors (Lipinski definition) is 0. The van der Waals surface area contributed by atoms with Crippen molar-refractivity contribution in [2.45, 2.75) is 63.9 Å². The van der Waals surface area contributed by atoms with Gasteiger partial charge in [-0.15, -0.1) is 0 Å². The molecule has 1 atom stereocenters. The summed E-state index contributed by atoms with van der Waals surface area (Å²) in [5, 5.41) is 0. The zero-order valence-electron chi connectivity index (χ0n) is 11.6. The number of Topliss-reactive ketones (excluding diaryl/α,β-unsaturated/α-hetero) is 1. The predicted molar refractivity (Wildman–Crippen MR) is 70.6 cm³/mol. The van der Waals surface area contributed by atoms with Crippen LogP contribution in [0.15, 0.2) is 0 Å². The molecule has 0 bridgehead atoms. The molecule has 18 heavy (non-hydrogen) atoms. The van der Waals surface area contributed by atoms with Crippen LogP contribution in [0.2, 0.25) is 0 Å². The van der Waals surface area contributed by atoms with Gasteiger partial charge in [-0.05, 0) is 32.6 Å². The van der Waals surface area contributed by atoms with Gasteiger partial charge in [-0.3, -0.25) is 4.79 Å². The molecule has 0 amide bonds. The van der Waals surface area contributed by atoms with E-state index in [-0.39, 0.29) is 5.92 Å². The largest absolute Gasteiger partial charge is 0.381 e. The highest BCUT2D eigenvalue weighted by molar-refractivity contribution is 5.89. The van der Waals surface area contributed by atoms with Crippen molar-refractivity contribution in [1.29, 1.82) is 0 Å². The summed E-state index contributed by atoms with van der Waals surface area (Å²) in [6, 6.07) is 0. The van der Waals surface area contributed by atoms with Gasteiger partial charge in [0.25, 0.3) is 0 Å². The standard InChI is InChI=1S/C15H26O3/c1-2-18-15(9-5-3-4-6-10-15)14(16)13-8-7-11-17-12-13/h13H,2-12H2,1H3. The SMILES string of the molecule is CCOC1(C(=O)C2CCCOC2)CCCCCC1. The van der Waals surface area contributed by atoms with Crippen LogP contribution in [0, 0.1) is 5.92 Å². The molecule has 1 aliphatic heterocycles.